The van der Waals surface area contributed by atoms with E-state index < -0.39 is 47.4 Å². The number of carboxylic acid groups (broad SMARTS) is 1. The number of Topliss-reactive ketones (excluding diaryl/α,β-unsaturated/α-hetero) is 6. The molecule has 4 aromatic heterocycles. The standard InChI is InChI=1S/C14H18F2O3.4C12H15OS.C11H16O2.C7H6N4O.2C6H6F2N2O.C3H4F2O2.3CH4/c1-13(15,16)12(18)19-7-14-4-8-2-9(5-14)11(17)10(3-8)6-14;4*13-12(10-14-8-4-5-9-14)11-6-2-1-3-7-11;12-6-11-3-7-1-8(4-11)10(13)9(2-7)5-11;12-7(10-3-1-8-5-10)11-4-2-9-6-11;2*1-6(7,8)5(11)10-3-2-9-4-10;1-3(4,5)2(6)7;;;/h8-10H,2-7H2,1H3;4*1-3,6-7H,4-5,8-10H2;7-9,12H,1-6H2;1-6H;2*2-4H,1H3;1H3,(H,6,7);3*1H4/q;4*+1;;;;;;;;. The number of rotatable bonds is 19. The van der Waals surface area contributed by atoms with Gasteiger partial charge in [0.15, 0.2) is 23.0 Å². The molecule has 0 spiro atoms. The van der Waals surface area contributed by atoms with Crippen LogP contribution in [0.5, 0.6) is 0 Å². The Kier molecular flexibility index (Phi) is 44.6. The SMILES string of the molecule is C.C.C.CC(F)(F)C(=O)O.CC(F)(F)C(=O)OCC12CC3CC(C1)C(=O)C(C3)C2.CC(F)(F)C(=O)n1ccnc1.CC(F)(F)C(=O)n1ccnc1.O=C(C[S+]1CCCC1)c1ccccc1.O=C(C[S+]1CCCC1)c1ccccc1.O=C(C[S+]1CCCC1)c1ccccc1.O=C(C[S+]1CCCC1)c1ccccc1.O=C(n1ccnc1)n1ccnc1.O=C1C2CC3CC1CC(CO)(C3)C2. The minimum absolute atomic E-state index is 0. The van der Waals surface area contributed by atoms with Crippen LogP contribution in [0.2, 0.25) is 0 Å². The minimum Gasteiger partial charge on any atom is -0.477 e. The van der Waals surface area contributed by atoms with E-state index in [4.69, 9.17) is 9.84 Å². The molecule has 4 aliphatic heterocycles. The average molecular weight is 1920 g/mol. The molecule has 0 amide bonds. The summed E-state index contributed by atoms with van der Waals surface area (Å²) in [6, 6.07) is 38.5. The first-order valence-electron chi connectivity index (χ1n) is 43.4. The number of ketones is 6. The summed E-state index contributed by atoms with van der Waals surface area (Å²) in [7, 11) is 1.57. The van der Waals surface area contributed by atoms with Crippen LogP contribution >= 0.6 is 0 Å². The lowest BCUT2D eigenvalue weighted by molar-refractivity contribution is -0.180. The number of nitrogens with zero attached hydrogens (tertiary/aromatic N) is 8. The lowest BCUT2D eigenvalue weighted by Gasteiger charge is -2.55. The third-order valence-corrected chi connectivity index (χ3v) is 33.3. The summed E-state index contributed by atoms with van der Waals surface area (Å²) in [5, 5.41) is 16.9. The Morgan fingerprint density at radius 3 is 0.841 bits per heavy atom. The van der Waals surface area contributed by atoms with Crippen molar-refractivity contribution in [3.8, 4) is 0 Å². The molecule has 4 aromatic carbocycles. The first-order chi connectivity index (χ1) is 61.3. The van der Waals surface area contributed by atoms with Crippen LogP contribution in [-0.4, -0.2) is 219 Å². The van der Waals surface area contributed by atoms with Crippen LogP contribution in [0.3, 0.4) is 0 Å². The molecule has 8 aliphatic carbocycles. The summed E-state index contributed by atoms with van der Waals surface area (Å²) >= 11 is 0. The monoisotopic (exact) mass is 1920 g/mol. The van der Waals surface area contributed by atoms with E-state index in [2.05, 4.69) is 19.9 Å². The molecular formula is C98H128F8N8O14S4+4. The summed E-state index contributed by atoms with van der Waals surface area (Å²) in [5.74, 6) is -2.19. The predicted molar refractivity (Wildman–Crippen MR) is 505 cm³/mol. The molecule has 4 atom stereocenters. The molecule has 2 N–H and O–H groups in total. The number of benzene rings is 4. The Balaban J connectivity index is 0.000000227. The lowest BCUT2D eigenvalue weighted by atomic mass is 9.49. The Bertz CT molecular complexity index is 4480. The van der Waals surface area contributed by atoms with E-state index in [-0.39, 0.29) is 57.6 Å². The number of aromatic nitrogens is 8. The number of ether oxygens (including phenoxy) is 1. The summed E-state index contributed by atoms with van der Waals surface area (Å²) in [6.07, 6.45) is 36.3. The van der Waals surface area contributed by atoms with E-state index >= 15 is 0 Å². The van der Waals surface area contributed by atoms with Gasteiger partial charge >= 0.3 is 53.5 Å². The van der Waals surface area contributed by atoms with E-state index in [9.17, 15) is 93.0 Å². The van der Waals surface area contributed by atoms with E-state index in [1.807, 2.05) is 121 Å². The highest BCUT2D eigenvalue weighted by molar-refractivity contribution is 7.98. The third kappa shape index (κ3) is 35.1. The number of aliphatic hydroxyl groups is 1. The van der Waals surface area contributed by atoms with Crippen molar-refractivity contribution in [1.29, 1.82) is 0 Å². The molecule has 4 unspecified atom stereocenters. The molecule has 132 heavy (non-hydrogen) atoms. The van der Waals surface area contributed by atoms with Crippen molar-refractivity contribution in [2.24, 2.45) is 46.3 Å². The maximum absolute atomic E-state index is 12.8. The Morgan fingerprint density at radius 2 is 0.621 bits per heavy atom. The summed E-state index contributed by atoms with van der Waals surface area (Å²) < 4.78 is 106. The van der Waals surface area contributed by atoms with Crippen molar-refractivity contribution < 1.29 is 103 Å². The van der Waals surface area contributed by atoms with Gasteiger partial charge in [-0.05, 0) is 176 Å². The second-order valence-corrected chi connectivity index (χ2v) is 43.8. The molecular weight excluding hydrogens is 1790 g/mol. The van der Waals surface area contributed by atoms with Gasteiger partial charge < -0.3 is 14.9 Å². The van der Waals surface area contributed by atoms with Crippen molar-refractivity contribution >= 4 is 108 Å². The zero-order valence-corrected chi connectivity index (χ0v) is 76.4. The second-order valence-electron chi connectivity index (χ2n) is 34.5. The highest BCUT2D eigenvalue weighted by Crippen LogP contribution is 2.60. The Hall–Kier alpha value is -9.51. The van der Waals surface area contributed by atoms with Gasteiger partial charge in [-0.25, -0.2) is 34.3 Å². The van der Waals surface area contributed by atoms with Gasteiger partial charge in [0.25, 0.3) is 0 Å². The number of carbonyl (C=O) groups is 11. The highest BCUT2D eigenvalue weighted by atomic mass is 32.2. The van der Waals surface area contributed by atoms with Gasteiger partial charge in [-0.1, -0.05) is 144 Å². The van der Waals surface area contributed by atoms with E-state index in [0.717, 1.165) is 118 Å². The first kappa shape index (κ1) is 111. The van der Waals surface area contributed by atoms with Gasteiger partial charge in [0.05, 0.1) is 6.61 Å². The molecule has 0 radical (unpaired) electrons. The minimum atomic E-state index is -3.58. The lowest BCUT2D eigenvalue weighted by Crippen LogP contribution is -2.53. The number of carbonyl (C=O) groups excluding carboxylic acids is 10. The molecule has 22 nitrogen and oxygen atoms in total. The van der Waals surface area contributed by atoms with Gasteiger partial charge in [0.2, 0.25) is 23.1 Å². The highest BCUT2D eigenvalue weighted by Gasteiger charge is 2.57. The number of carboxylic acids is 1. The van der Waals surface area contributed by atoms with Crippen molar-refractivity contribution in [3.63, 3.8) is 0 Å². The van der Waals surface area contributed by atoms with Gasteiger partial charge in [0.1, 0.15) is 82.9 Å². The molecule has 34 heteroatoms. The molecule has 20 rings (SSSR count). The van der Waals surface area contributed by atoms with Crippen LogP contribution in [0, 0.1) is 46.3 Å². The molecule has 12 fully saturated rings. The first-order valence-corrected chi connectivity index (χ1v) is 50.3. The zero-order valence-electron chi connectivity index (χ0n) is 73.1. The maximum atomic E-state index is 12.8. The van der Waals surface area contributed by atoms with Crippen LogP contribution in [0.4, 0.5) is 39.9 Å². The summed E-state index contributed by atoms with van der Waals surface area (Å²) in [6.45, 7) is 2.34. The molecule has 8 bridgehead atoms. The van der Waals surface area contributed by atoms with E-state index in [0.29, 0.717) is 143 Å². The average Bonchev–Trinajstić information content (AvgIpc) is 1.17. The fraction of sp³-hybridized carbons (Fsp3) is 0.520. The number of hydrogen-bond acceptors (Lipinski definition) is 17. The molecule has 12 aliphatic rings. The number of halogens is 8. The largest absolute Gasteiger partial charge is 0.477 e. The molecule has 8 heterocycles. The zero-order chi connectivity index (χ0) is 93.5. The van der Waals surface area contributed by atoms with Crippen LogP contribution in [0.15, 0.2) is 196 Å². The van der Waals surface area contributed by atoms with Crippen LogP contribution < -0.4 is 0 Å². The van der Waals surface area contributed by atoms with Crippen LogP contribution in [0.1, 0.15) is 217 Å². The predicted octanol–water partition coefficient (Wildman–Crippen LogP) is 18.7. The normalized spacial score (nSPS) is 21.8. The maximum Gasteiger partial charge on any atom is 0.376 e. The molecule has 8 aromatic rings. The van der Waals surface area contributed by atoms with Gasteiger partial charge in [-0.15, -0.1) is 0 Å². The number of esters is 1. The van der Waals surface area contributed by atoms with Crippen molar-refractivity contribution in [2.45, 2.75) is 189 Å². The van der Waals surface area contributed by atoms with E-state index in [1.54, 1.807) is 24.8 Å². The van der Waals surface area contributed by atoms with Gasteiger partial charge in [0, 0.05) is 135 Å². The second kappa shape index (κ2) is 53.0. The number of hydrogen-bond donors (Lipinski definition) is 2. The van der Waals surface area contributed by atoms with Crippen molar-refractivity contribution in [2.75, 3.05) is 82.2 Å². The van der Waals surface area contributed by atoms with Gasteiger partial charge in [-0.2, -0.15) is 35.1 Å². The molecule has 8 saturated carbocycles. The van der Waals surface area contributed by atoms with E-state index in [1.165, 1.54) is 150 Å². The Morgan fingerprint density at radius 1 is 0.379 bits per heavy atom. The molecule has 4 saturated heterocycles. The third-order valence-electron chi connectivity index (χ3n) is 23.7. The fourth-order valence-corrected chi connectivity index (χ4v) is 26.6. The number of imidazole rings is 4. The quantitative estimate of drug-likeness (QED) is 0.0329. The van der Waals surface area contributed by atoms with Crippen molar-refractivity contribution in [1.82, 2.24) is 38.2 Å². The van der Waals surface area contributed by atoms with Crippen LogP contribution in [-0.2, 0) is 67.5 Å². The fourth-order valence-electron chi connectivity index (χ4n) is 17.6. The van der Waals surface area contributed by atoms with Gasteiger partial charge in [-0.3, -0.25) is 56.6 Å². The number of aliphatic hydroxyl groups excluding tert-OH is 1. The van der Waals surface area contributed by atoms with Crippen LogP contribution in [0.25, 0.3) is 0 Å². The topological polar surface area (TPSA) is 309 Å². The number of aliphatic carboxylic acids is 1. The summed E-state index contributed by atoms with van der Waals surface area (Å²) in [4.78, 5) is 139. The summed E-state index contributed by atoms with van der Waals surface area (Å²) in [5.41, 5.74) is 3.47. The molecule has 720 valence electrons. The van der Waals surface area contributed by atoms with Crippen molar-refractivity contribution in [3.05, 3.63) is 218 Å². The Labute approximate surface area is 780 Å². The number of alkyl halides is 8. The smallest absolute Gasteiger partial charge is 0.376 e.